The van der Waals surface area contributed by atoms with Crippen molar-refractivity contribution in [3.8, 4) is 45.3 Å². The Balaban J connectivity index is 1.23. The van der Waals surface area contributed by atoms with Crippen LogP contribution in [0.15, 0.2) is 173 Å². The number of furan rings is 2. The summed E-state index contributed by atoms with van der Waals surface area (Å²) >= 11 is 0. The summed E-state index contributed by atoms with van der Waals surface area (Å²) in [6, 6.07) is 56.3. The summed E-state index contributed by atoms with van der Waals surface area (Å²) in [6.07, 6.45) is 0. The number of fused-ring (bicyclic) bond motifs is 9. The SMILES string of the molecule is c1ccc(-c2nc(-c3ccccc3)nc(-c3cc(-c4cc5cc6c(cc5c5ccccc45)oc4ccccc46)c4c(c3)oc3ccccc34)n2)cc1. The Hall–Kier alpha value is -7.11. The van der Waals surface area contributed by atoms with E-state index >= 15 is 0 Å². The molecule has 0 N–H and O–H groups in total. The van der Waals surface area contributed by atoms with Gasteiger partial charge in [-0.2, -0.15) is 0 Å². The van der Waals surface area contributed by atoms with Crippen molar-refractivity contribution < 1.29 is 8.83 Å². The molecule has 3 heterocycles. The highest BCUT2D eigenvalue weighted by atomic mass is 16.3. The Bertz CT molecular complexity index is 3120. The highest BCUT2D eigenvalue weighted by Crippen LogP contribution is 2.45. The average Bonchev–Trinajstić information content (AvgIpc) is 3.78. The topological polar surface area (TPSA) is 65.0 Å². The van der Waals surface area contributed by atoms with Crippen molar-refractivity contribution >= 4 is 65.4 Å². The minimum atomic E-state index is 0.577. The first-order valence-electron chi connectivity index (χ1n) is 17.3. The summed E-state index contributed by atoms with van der Waals surface area (Å²) in [5, 5.41) is 8.90. The molecule has 0 unspecified atom stereocenters. The maximum atomic E-state index is 6.62. The molecule has 8 aromatic carbocycles. The molecule has 0 bridgehead atoms. The molecule has 0 radical (unpaired) electrons. The van der Waals surface area contributed by atoms with Gasteiger partial charge in [-0.1, -0.05) is 121 Å². The summed E-state index contributed by atoms with van der Waals surface area (Å²) < 4.78 is 13.0. The fourth-order valence-electron chi connectivity index (χ4n) is 7.68. The first-order valence-corrected chi connectivity index (χ1v) is 17.3. The second-order valence-corrected chi connectivity index (χ2v) is 13.2. The van der Waals surface area contributed by atoms with Gasteiger partial charge in [-0.3, -0.25) is 0 Å². The van der Waals surface area contributed by atoms with Crippen LogP contribution in [0.25, 0.3) is 111 Å². The number of nitrogens with zero attached hydrogens (tertiary/aromatic N) is 3. The molecular formula is C47H27N3O2. The summed E-state index contributed by atoms with van der Waals surface area (Å²) in [5.74, 6) is 1.81. The molecule has 5 nitrogen and oxygen atoms in total. The fourth-order valence-corrected chi connectivity index (χ4v) is 7.68. The van der Waals surface area contributed by atoms with E-state index in [4.69, 9.17) is 23.8 Å². The predicted molar refractivity (Wildman–Crippen MR) is 211 cm³/mol. The van der Waals surface area contributed by atoms with E-state index < -0.39 is 0 Å². The lowest BCUT2D eigenvalue weighted by Gasteiger charge is -2.14. The quantitative estimate of drug-likeness (QED) is 0.175. The van der Waals surface area contributed by atoms with E-state index in [9.17, 15) is 0 Å². The minimum Gasteiger partial charge on any atom is -0.456 e. The van der Waals surface area contributed by atoms with Crippen LogP contribution in [-0.2, 0) is 0 Å². The Labute approximate surface area is 297 Å². The highest BCUT2D eigenvalue weighted by Gasteiger charge is 2.21. The number of hydrogen-bond donors (Lipinski definition) is 0. The summed E-state index contributed by atoms with van der Waals surface area (Å²) in [5.41, 5.74) is 8.23. The summed E-state index contributed by atoms with van der Waals surface area (Å²) in [6.45, 7) is 0. The molecule has 11 rings (SSSR count). The van der Waals surface area contributed by atoms with Crippen LogP contribution in [-0.4, -0.2) is 15.0 Å². The number of aromatic nitrogens is 3. The molecule has 0 saturated heterocycles. The van der Waals surface area contributed by atoms with Gasteiger partial charge in [0.2, 0.25) is 0 Å². The zero-order chi connectivity index (χ0) is 34.2. The summed E-state index contributed by atoms with van der Waals surface area (Å²) in [4.78, 5) is 15.1. The largest absolute Gasteiger partial charge is 0.456 e. The maximum Gasteiger partial charge on any atom is 0.164 e. The van der Waals surface area contributed by atoms with Crippen molar-refractivity contribution in [3.05, 3.63) is 164 Å². The Morgan fingerprint density at radius 2 is 0.846 bits per heavy atom. The molecule has 0 aliphatic rings. The monoisotopic (exact) mass is 665 g/mol. The van der Waals surface area contributed by atoms with Gasteiger partial charge in [0.1, 0.15) is 22.3 Å². The van der Waals surface area contributed by atoms with Crippen LogP contribution in [0.3, 0.4) is 0 Å². The second-order valence-electron chi connectivity index (χ2n) is 13.2. The van der Waals surface area contributed by atoms with Crippen molar-refractivity contribution in [1.29, 1.82) is 0 Å². The zero-order valence-corrected chi connectivity index (χ0v) is 27.7. The lowest BCUT2D eigenvalue weighted by molar-refractivity contribution is 0.669. The zero-order valence-electron chi connectivity index (χ0n) is 27.7. The molecule has 0 saturated carbocycles. The molecule has 0 amide bonds. The van der Waals surface area contributed by atoms with Gasteiger partial charge >= 0.3 is 0 Å². The van der Waals surface area contributed by atoms with Gasteiger partial charge in [-0.25, -0.2) is 15.0 Å². The van der Waals surface area contributed by atoms with Crippen LogP contribution in [0, 0.1) is 0 Å². The van der Waals surface area contributed by atoms with Gasteiger partial charge < -0.3 is 8.83 Å². The standard InChI is InChI=1S/C47H27N3O2/c1-3-13-28(14-4-1)45-48-46(29-15-5-2-6-16-29)50-47(49-45)31-25-39(44-35-20-10-12-22-41(35)52-43(44)26-31)37-23-30-24-38-34-19-9-11-21-40(34)51-42(38)27-36(30)32-17-7-8-18-33(32)37/h1-27H. The second kappa shape index (κ2) is 11.2. The van der Waals surface area contributed by atoms with E-state index in [0.29, 0.717) is 17.5 Å². The first-order chi connectivity index (χ1) is 25.7. The van der Waals surface area contributed by atoms with Gasteiger partial charge in [0.05, 0.1) is 0 Å². The van der Waals surface area contributed by atoms with E-state index in [1.54, 1.807) is 0 Å². The smallest absolute Gasteiger partial charge is 0.164 e. The Morgan fingerprint density at radius 3 is 1.54 bits per heavy atom. The third-order valence-electron chi connectivity index (χ3n) is 10.1. The van der Waals surface area contributed by atoms with E-state index in [1.165, 1.54) is 0 Å². The number of rotatable bonds is 4. The van der Waals surface area contributed by atoms with E-state index in [1.807, 2.05) is 84.9 Å². The number of para-hydroxylation sites is 2. The van der Waals surface area contributed by atoms with Crippen LogP contribution in [0.5, 0.6) is 0 Å². The molecule has 52 heavy (non-hydrogen) atoms. The maximum absolute atomic E-state index is 6.62. The molecule has 0 spiro atoms. The third-order valence-corrected chi connectivity index (χ3v) is 10.1. The predicted octanol–water partition coefficient (Wildman–Crippen LogP) is 12.6. The van der Waals surface area contributed by atoms with Crippen LogP contribution >= 0.6 is 0 Å². The van der Waals surface area contributed by atoms with Crippen molar-refractivity contribution in [3.63, 3.8) is 0 Å². The van der Waals surface area contributed by atoms with Gasteiger partial charge in [0.15, 0.2) is 17.5 Å². The van der Waals surface area contributed by atoms with Crippen molar-refractivity contribution in [2.24, 2.45) is 0 Å². The van der Waals surface area contributed by atoms with Gasteiger partial charge in [0.25, 0.3) is 0 Å². The normalized spacial score (nSPS) is 11.8. The molecule has 242 valence electrons. The molecule has 0 atom stereocenters. The van der Waals surface area contributed by atoms with Crippen LogP contribution in [0.1, 0.15) is 0 Å². The highest BCUT2D eigenvalue weighted by molar-refractivity contribution is 6.22. The minimum absolute atomic E-state index is 0.577. The average molecular weight is 666 g/mol. The van der Waals surface area contributed by atoms with Crippen molar-refractivity contribution in [2.75, 3.05) is 0 Å². The Morgan fingerprint density at radius 1 is 0.308 bits per heavy atom. The van der Waals surface area contributed by atoms with Gasteiger partial charge in [0, 0.05) is 38.2 Å². The number of hydrogen-bond acceptors (Lipinski definition) is 5. The van der Waals surface area contributed by atoms with Crippen molar-refractivity contribution in [2.45, 2.75) is 0 Å². The molecule has 11 aromatic rings. The molecule has 0 aliphatic heterocycles. The fraction of sp³-hybridized carbons (Fsp3) is 0. The number of benzene rings is 8. The van der Waals surface area contributed by atoms with E-state index in [2.05, 4.69) is 78.9 Å². The Kier molecular flexibility index (Phi) is 6.18. The van der Waals surface area contributed by atoms with Gasteiger partial charge in [-0.15, -0.1) is 0 Å². The summed E-state index contributed by atoms with van der Waals surface area (Å²) in [7, 11) is 0. The van der Waals surface area contributed by atoms with Crippen LogP contribution in [0.2, 0.25) is 0 Å². The van der Waals surface area contributed by atoms with E-state index in [-0.39, 0.29) is 0 Å². The lowest BCUT2D eigenvalue weighted by atomic mass is 9.89. The van der Waals surface area contributed by atoms with Crippen molar-refractivity contribution in [1.82, 2.24) is 15.0 Å². The molecule has 3 aromatic heterocycles. The van der Waals surface area contributed by atoms with E-state index in [0.717, 1.165) is 93.2 Å². The van der Waals surface area contributed by atoms with Gasteiger partial charge in [-0.05, 0) is 75.1 Å². The van der Waals surface area contributed by atoms with Crippen LogP contribution in [0.4, 0.5) is 0 Å². The molecular weight excluding hydrogens is 639 g/mol. The third kappa shape index (κ3) is 4.46. The van der Waals surface area contributed by atoms with Crippen LogP contribution < -0.4 is 0 Å². The molecule has 0 fully saturated rings. The first kappa shape index (κ1) is 28.7. The lowest BCUT2D eigenvalue weighted by Crippen LogP contribution is -2.00. The molecule has 0 aliphatic carbocycles. The molecule has 5 heteroatoms.